The van der Waals surface area contributed by atoms with Crippen LogP contribution in [0.15, 0.2) is 30.3 Å². The maximum atomic E-state index is 5.93. The number of unbranched alkanes of at least 4 members (excludes halogenated alkanes) is 9. The summed E-state index contributed by atoms with van der Waals surface area (Å²) < 4.78 is 5.93. The van der Waals surface area contributed by atoms with Crippen molar-refractivity contribution in [3.8, 4) is 5.75 Å². The summed E-state index contributed by atoms with van der Waals surface area (Å²) in [5, 5.41) is 0. The first kappa shape index (κ1) is 21.0. The van der Waals surface area contributed by atoms with Gasteiger partial charge in [-0.25, -0.2) is 0 Å². The van der Waals surface area contributed by atoms with Crippen molar-refractivity contribution < 1.29 is 4.74 Å². The highest BCUT2D eigenvalue weighted by molar-refractivity contribution is 5.20. The van der Waals surface area contributed by atoms with E-state index in [1.807, 2.05) is 30.3 Å². The quantitative estimate of drug-likeness (QED) is 0.349. The molecule has 1 aromatic carbocycles. The minimum absolute atomic E-state index is 0.513. The highest BCUT2D eigenvalue weighted by Crippen LogP contribution is 2.15. The summed E-state index contributed by atoms with van der Waals surface area (Å²) in [7, 11) is 4.32. The number of hydrogen-bond donors (Lipinski definition) is 0. The van der Waals surface area contributed by atoms with Crippen molar-refractivity contribution in [3.05, 3.63) is 30.3 Å². The molecule has 24 heavy (non-hydrogen) atoms. The maximum Gasteiger partial charge on any atom is 0.119 e. The molecule has 0 saturated heterocycles. The Morgan fingerprint density at radius 2 is 1.33 bits per heavy atom. The van der Waals surface area contributed by atoms with Crippen LogP contribution in [0.4, 0.5) is 0 Å². The Hall–Kier alpha value is -1.02. The fourth-order valence-corrected chi connectivity index (χ4v) is 3.07. The van der Waals surface area contributed by atoms with Crippen molar-refractivity contribution in [1.29, 1.82) is 0 Å². The van der Waals surface area contributed by atoms with Gasteiger partial charge in [0.1, 0.15) is 12.4 Å². The van der Waals surface area contributed by atoms with Crippen molar-refractivity contribution in [1.82, 2.24) is 4.90 Å². The Kier molecular flexibility index (Phi) is 12.6. The molecule has 138 valence electrons. The van der Waals surface area contributed by atoms with Crippen LogP contribution in [0.2, 0.25) is 0 Å². The third kappa shape index (κ3) is 10.7. The van der Waals surface area contributed by atoms with Gasteiger partial charge in [-0.1, -0.05) is 89.3 Å². The molecule has 1 atom stereocenters. The van der Waals surface area contributed by atoms with E-state index in [0.29, 0.717) is 6.04 Å². The van der Waals surface area contributed by atoms with E-state index in [9.17, 15) is 0 Å². The SMILES string of the molecule is CCCCCCCCCCCCC(COc1ccccc1)N(C)C. The van der Waals surface area contributed by atoms with Gasteiger partial charge >= 0.3 is 0 Å². The second-order valence-electron chi connectivity index (χ2n) is 7.21. The van der Waals surface area contributed by atoms with Crippen LogP contribution in [-0.2, 0) is 0 Å². The maximum absolute atomic E-state index is 5.93. The lowest BCUT2D eigenvalue weighted by molar-refractivity contribution is 0.174. The summed E-state index contributed by atoms with van der Waals surface area (Å²) in [6.07, 6.45) is 15.2. The Labute approximate surface area is 150 Å². The van der Waals surface area contributed by atoms with Gasteiger partial charge in [0.25, 0.3) is 0 Å². The summed E-state index contributed by atoms with van der Waals surface area (Å²) in [6.45, 7) is 3.07. The van der Waals surface area contributed by atoms with Gasteiger partial charge in [0.2, 0.25) is 0 Å². The molecule has 1 rings (SSSR count). The van der Waals surface area contributed by atoms with Crippen molar-refractivity contribution >= 4 is 0 Å². The zero-order valence-corrected chi connectivity index (χ0v) is 16.3. The van der Waals surface area contributed by atoms with E-state index in [1.165, 1.54) is 70.6 Å². The molecule has 0 aliphatic heterocycles. The monoisotopic (exact) mass is 333 g/mol. The number of ether oxygens (including phenoxy) is 1. The highest BCUT2D eigenvalue weighted by atomic mass is 16.5. The van der Waals surface area contributed by atoms with Gasteiger partial charge in [-0.2, -0.15) is 0 Å². The Morgan fingerprint density at radius 3 is 1.88 bits per heavy atom. The lowest BCUT2D eigenvalue weighted by atomic mass is 10.0. The minimum atomic E-state index is 0.513. The third-order valence-electron chi connectivity index (χ3n) is 4.81. The van der Waals surface area contributed by atoms with Crippen LogP contribution in [0.1, 0.15) is 77.6 Å². The van der Waals surface area contributed by atoms with E-state index >= 15 is 0 Å². The largest absolute Gasteiger partial charge is 0.492 e. The van der Waals surface area contributed by atoms with Crippen molar-refractivity contribution in [2.45, 2.75) is 83.6 Å². The molecule has 0 fully saturated rings. The standard InChI is InChI=1S/C22H39NO/c1-4-5-6-7-8-9-10-11-12-14-17-21(23(2)3)20-24-22-18-15-13-16-19-22/h13,15-16,18-19,21H,4-12,14,17,20H2,1-3H3. The van der Waals surface area contributed by atoms with Gasteiger partial charge in [-0.05, 0) is 32.6 Å². The molecule has 2 heteroatoms. The number of rotatable bonds is 15. The van der Waals surface area contributed by atoms with Gasteiger partial charge in [-0.15, -0.1) is 0 Å². The average Bonchev–Trinajstić information content (AvgIpc) is 2.59. The summed E-state index contributed by atoms with van der Waals surface area (Å²) in [6, 6.07) is 10.7. The van der Waals surface area contributed by atoms with E-state index in [2.05, 4.69) is 25.9 Å². The summed E-state index contributed by atoms with van der Waals surface area (Å²) in [5.41, 5.74) is 0. The molecule has 0 aliphatic rings. The molecule has 0 aromatic heterocycles. The zero-order valence-electron chi connectivity index (χ0n) is 16.3. The van der Waals surface area contributed by atoms with Crippen LogP contribution >= 0.6 is 0 Å². The predicted molar refractivity (Wildman–Crippen MR) is 106 cm³/mol. The summed E-state index contributed by atoms with van der Waals surface area (Å²) >= 11 is 0. The van der Waals surface area contributed by atoms with E-state index in [1.54, 1.807) is 0 Å². The molecule has 0 aliphatic carbocycles. The minimum Gasteiger partial charge on any atom is -0.492 e. The van der Waals surface area contributed by atoms with Crippen LogP contribution in [0.5, 0.6) is 5.75 Å². The fourth-order valence-electron chi connectivity index (χ4n) is 3.07. The summed E-state index contributed by atoms with van der Waals surface area (Å²) in [4.78, 5) is 2.30. The number of para-hydroxylation sites is 1. The molecule has 2 nitrogen and oxygen atoms in total. The normalized spacial score (nSPS) is 12.5. The Bertz CT molecular complexity index is 377. The Balaban J connectivity index is 2.03. The lowest BCUT2D eigenvalue weighted by Gasteiger charge is -2.24. The molecule has 0 bridgehead atoms. The van der Waals surface area contributed by atoms with Gasteiger partial charge in [-0.3, -0.25) is 0 Å². The number of benzene rings is 1. The molecule has 1 unspecified atom stereocenters. The molecule has 0 N–H and O–H groups in total. The van der Waals surface area contributed by atoms with Gasteiger partial charge in [0.05, 0.1) is 0 Å². The molecule has 0 heterocycles. The predicted octanol–water partition coefficient (Wildman–Crippen LogP) is 6.31. The second-order valence-corrected chi connectivity index (χ2v) is 7.21. The lowest BCUT2D eigenvalue weighted by Crippen LogP contribution is -2.33. The molecular formula is C22H39NO. The first-order chi connectivity index (χ1) is 11.7. The topological polar surface area (TPSA) is 12.5 Å². The van der Waals surface area contributed by atoms with Crippen LogP contribution in [0, 0.1) is 0 Å². The zero-order chi connectivity index (χ0) is 17.5. The van der Waals surface area contributed by atoms with E-state index in [0.717, 1.165) is 12.4 Å². The van der Waals surface area contributed by atoms with Crippen LogP contribution in [-0.4, -0.2) is 31.6 Å². The first-order valence-corrected chi connectivity index (χ1v) is 10.1. The van der Waals surface area contributed by atoms with Gasteiger partial charge < -0.3 is 9.64 Å². The molecule has 0 spiro atoms. The van der Waals surface area contributed by atoms with E-state index in [-0.39, 0.29) is 0 Å². The summed E-state index contributed by atoms with van der Waals surface area (Å²) in [5.74, 6) is 0.979. The van der Waals surface area contributed by atoms with Crippen LogP contribution < -0.4 is 4.74 Å². The smallest absolute Gasteiger partial charge is 0.119 e. The molecule has 0 amide bonds. The van der Waals surface area contributed by atoms with Crippen molar-refractivity contribution in [2.24, 2.45) is 0 Å². The number of likely N-dealkylation sites (N-methyl/N-ethyl adjacent to an activating group) is 1. The number of hydrogen-bond acceptors (Lipinski definition) is 2. The van der Waals surface area contributed by atoms with E-state index < -0.39 is 0 Å². The fraction of sp³-hybridized carbons (Fsp3) is 0.727. The second kappa shape index (κ2) is 14.3. The number of nitrogens with zero attached hydrogens (tertiary/aromatic N) is 1. The highest BCUT2D eigenvalue weighted by Gasteiger charge is 2.11. The molecule has 0 saturated carbocycles. The van der Waals surface area contributed by atoms with E-state index in [4.69, 9.17) is 4.74 Å². The molecule has 0 radical (unpaired) electrons. The van der Waals surface area contributed by atoms with Gasteiger partial charge in [0.15, 0.2) is 0 Å². The van der Waals surface area contributed by atoms with Crippen molar-refractivity contribution in [2.75, 3.05) is 20.7 Å². The third-order valence-corrected chi connectivity index (χ3v) is 4.81. The van der Waals surface area contributed by atoms with Crippen LogP contribution in [0.25, 0.3) is 0 Å². The Morgan fingerprint density at radius 1 is 0.792 bits per heavy atom. The van der Waals surface area contributed by atoms with Gasteiger partial charge in [0, 0.05) is 6.04 Å². The van der Waals surface area contributed by atoms with Crippen molar-refractivity contribution in [3.63, 3.8) is 0 Å². The average molecular weight is 334 g/mol. The van der Waals surface area contributed by atoms with Crippen LogP contribution in [0.3, 0.4) is 0 Å². The first-order valence-electron chi connectivity index (χ1n) is 10.1. The molecular weight excluding hydrogens is 294 g/mol. The molecule has 1 aromatic rings.